The quantitative estimate of drug-likeness (QED) is 0.837. The highest BCUT2D eigenvalue weighted by Gasteiger charge is 2.14. The number of hydrogen-bond donors (Lipinski definition) is 2. The molecule has 104 valence electrons. The van der Waals surface area contributed by atoms with Crippen LogP contribution in [0.3, 0.4) is 0 Å². The highest BCUT2D eigenvalue weighted by Crippen LogP contribution is 2.25. The van der Waals surface area contributed by atoms with Crippen LogP contribution in [0.25, 0.3) is 0 Å². The molecule has 2 N–H and O–H groups in total. The zero-order valence-electron chi connectivity index (χ0n) is 11.0. The Labute approximate surface area is 118 Å². The van der Waals surface area contributed by atoms with E-state index in [2.05, 4.69) is 10.6 Å². The van der Waals surface area contributed by atoms with E-state index >= 15 is 0 Å². The van der Waals surface area contributed by atoms with Gasteiger partial charge in [-0.15, -0.1) is 0 Å². The van der Waals surface area contributed by atoms with Gasteiger partial charge in [0.05, 0.1) is 23.4 Å². The maximum absolute atomic E-state index is 11.5. The van der Waals surface area contributed by atoms with Gasteiger partial charge in [-0.1, -0.05) is 11.6 Å². The van der Waals surface area contributed by atoms with Gasteiger partial charge >= 0.3 is 5.97 Å². The van der Waals surface area contributed by atoms with Crippen molar-refractivity contribution in [3.63, 3.8) is 0 Å². The number of rotatable bonds is 3. The number of carbonyl (C=O) groups excluding carboxylic acids is 1. The fourth-order valence-corrected chi connectivity index (χ4v) is 2.44. The Bertz CT molecular complexity index is 443. The second-order valence-corrected chi connectivity index (χ2v) is 5.12. The molecule has 2 rings (SSSR count). The summed E-state index contributed by atoms with van der Waals surface area (Å²) in [4.78, 5) is 11.5. The number of hydrogen-bond acceptors (Lipinski definition) is 4. The lowest BCUT2D eigenvalue weighted by Gasteiger charge is -2.18. The summed E-state index contributed by atoms with van der Waals surface area (Å²) in [7, 11) is 1.38. The molecule has 1 aromatic rings. The molecule has 0 bridgehead atoms. The van der Waals surface area contributed by atoms with Crippen LogP contribution in [0.4, 0.5) is 5.69 Å². The molecule has 1 saturated heterocycles. The third-order valence-electron chi connectivity index (χ3n) is 3.32. The molecule has 1 atom stereocenters. The second-order valence-electron chi connectivity index (χ2n) is 4.71. The van der Waals surface area contributed by atoms with Gasteiger partial charge in [-0.2, -0.15) is 0 Å². The van der Waals surface area contributed by atoms with Crippen LogP contribution < -0.4 is 10.6 Å². The average Bonchev–Trinajstić information content (AvgIpc) is 2.69. The number of anilines is 1. The minimum absolute atomic E-state index is 0.345. The van der Waals surface area contributed by atoms with Crippen LogP contribution in [-0.4, -0.2) is 32.2 Å². The first-order chi connectivity index (χ1) is 9.20. The predicted octanol–water partition coefficient (Wildman–Crippen LogP) is 2.68. The molecule has 5 heteroatoms. The van der Waals surface area contributed by atoms with Gasteiger partial charge in [0, 0.05) is 6.04 Å². The van der Waals surface area contributed by atoms with Crippen molar-refractivity contribution in [2.24, 2.45) is 0 Å². The van der Waals surface area contributed by atoms with Crippen LogP contribution in [0.2, 0.25) is 5.02 Å². The zero-order chi connectivity index (χ0) is 13.7. The number of methoxy groups -OCH3 is 1. The molecular formula is C14H19ClN2O2. The maximum atomic E-state index is 11.5. The van der Waals surface area contributed by atoms with Gasteiger partial charge in [0.1, 0.15) is 0 Å². The molecule has 1 aliphatic rings. The van der Waals surface area contributed by atoms with Crippen molar-refractivity contribution in [2.45, 2.75) is 25.3 Å². The largest absolute Gasteiger partial charge is 0.465 e. The summed E-state index contributed by atoms with van der Waals surface area (Å²) in [5.74, 6) is -0.345. The molecule has 0 spiro atoms. The summed E-state index contributed by atoms with van der Waals surface area (Å²) >= 11 is 6.17. The summed E-state index contributed by atoms with van der Waals surface area (Å²) in [5, 5.41) is 7.43. The number of ether oxygens (including phenoxy) is 1. The van der Waals surface area contributed by atoms with Crippen molar-refractivity contribution in [2.75, 3.05) is 25.5 Å². The molecular weight excluding hydrogens is 264 g/mol. The van der Waals surface area contributed by atoms with E-state index in [9.17, 15) is 4.79 Å². The minimum Gasteiger partial charge on any atom is -0.465 e. The molecule has 1 fully saturated rings. The van der Waals surface area contributed by atoms with Crippen molar-refractivity contribution >= 4 is 23.3 Å². The van der Waals surface area contributed by atoms with E-state index in [1.165, 1.54) is 7.11 Å². The lowest BCUT2D eigenvalue weighted by molar-refractivity contribution is 0.0601. The first-order valence-electron chi connectivity index (χ1n) is 6.56. The second kappa shape index (κ2) is 6.78. The van der Waals surface area contributed by atoms with Crippen LogP contribution in [0, 0.1) is 0 Å². The van der Waals surface area contributed by atoms with E-state index in [1.54, 1.807) is 18.2 Å². The SMILES string of the molecule is COC(=O)c1ccc(Cl)c(NC2CCCNCC2)c1. The summed E-state index contributed by atoms with van der Waals surface area (Å²) in [6.07, 6.45) is 3.30. The molecule has 0 radical (unpaired) electrons. The van der Waals surface area contributed by atoms with Crippen molar-refractivity contribution in [1.82, 2.24) is 5.32 Å². The van der Waals surface area contributed by atoms with Gasteiger partial charge in [-0.05, 0) is 50.6 Å². The molecule has 1 heterocycles. The van der Waals surface area contributed by atoms with Crippen LogP contribution in [0.1, 0.15) is 29.6 Å². The summed E-state index contributed by atoms with van der Waals surface area (Å²) in [6, 6.07) is 5.55. The monoisotopic (exact) mass is 282 g/mol. The van der Waals surface area contributed by atoms with E-state index in [-0.39, 0.29) is 5.97 Å². The first-order valence-corrected chi connectivity index (χ1v) is 6.93. The first kappa shape index (κ1) is 14.2. The highest BCUT2D eigenvalue weighted by molar-refractivity contribution is 6.33. The van der Waals surface area contributed by atoms with Gasteiger partial charge in [0.25, 0.3) is 0 Å². The van der Waals surface area contributed by atoms with E-state index in [4.69, 9.17) is 16.3 Å². The number of benzene rings is 1. The van der Waals surface area contributed by atoms with Gasteiger partial charge < -0.3 is 15.4 Å². The van der Waals surface area contributed by atoms with Crippen LogP contribution in [-0.2, 0) is 4.74 Å². The standard InChI is InChI=1S/C14H19ClN2O2/c1-19-14(18)10-4-5-12(15)13(9-10)17-11-3-2-7-16-8-6-11/h4-5,9,11,16-17H,2-3,6-8H2,1H3. The van der Waals surface area contributed by atoms with E-state index in [0.29, 0.717) is 16.6 Å². The number of esters is 1. The Morgan fingerprint density at radius 3 is 3.05 bits per heavy atom. The van der Waals surface area contributed by atoms with Crippen LogP contribution >= 0.6 is 11.6 Å². The molecule has 1 unspecified atom stereocenters. The number of halogens is 1. The fourth-order valence-electron chi connectivity index (χ4n) is 2.26. The van der Waals surface area contributed by atoms with Crippen molar-refractivity contribution in [3.8, 4) is 0 Å². The molecule has 1 aromatic carbocycles. The molecule has 4 nitrogen and oxygen atoms in total. The predicted molar refractivity (Wildman–Crippen MR) is 76.9 cm³/mol. The molecule has 0 aliphatic carbocycles. The molecule has 0 amide bonds. The third kappa shape index (κ3) is 3.85. The van der Waals surface area contributed by atoms with Crippen LogP contribution in [0.5, 0.6) is 0 Å². The maximum Gasteiger partial charge on any atom is 0.337 e. The van der Waals surface area contributed by atoms with Crippen molar-refractivity contribution in [3.05, 3.63) is 28.8 Å². The molecule has 1 aliphatic heterocycles. The summed E-state index contributed by atoms with van der Waals surface area (Å²) in [6.45, 7) is 2.07. The third-order valence-corrected chi connectivity index (χ3v) is 3.65. The van der Waals surface area contributed by atoms with Gasteiger partial charge in [0.15, 0.2) is 0 Å². The Kier molecular flexibility index (Phi) is 5.05. The minimum atomic E-state index is -0.345. The lowest BCUT2D eigenvalue weighted by Crippen LogP contribution is -2.21. The van der Waals surface area contributed by atoms with Gasteiger partial charge in [-0.3, -0.25) is 0 Å². The van der Waals surface area contributed by atoms with E-state index in [0.717, 1.165) is 38.0 Å². The van der Waals surface area contributed by atoms with Crippen LogP contribution in [0.15, 0.2) is 18.2 Å². The normalized spacial score (nSPS) is 19.6. The zero-order valence-corrected chi connectivity index (χ0v) is 11.8. The molecule has 19 heavy (non-hydrogen) atoms. The number of nitrogens with one attached hydrogen (secondary N) is 2. The smallest absolute Gasteiger partial charge is 0.337 e. The molecule has 0 aromatic heterocycles. The lowest BCUT2D eigenvalue weighted by atomic mass is 10.1. The Hall–Kier alpha value is -1.26. The van der Waals surface area contributed by atoms with E-state index in [1.807, 2.05) is 0 Å². The molecule has 0 saturated carbocycles. The van der Waals surface area contributed by atoms with Crippen molar-refractivity contribution < 1.29 is 9.53 Å². The highest BCUT2D eigenvalue weighted by atomic mass is 35.5. The Balaban J connectivity index is 2.11. The average molecular weight is 283 g/mol. The summed E-state index contributed by atoms with van der Waals surface area (Å²) < 4.78 is 4.72. The number of carbonyl (C=O) groups is 1. The van der Waals surface area contributed by atoms with Gasteiger partial charge in [-0.25, -0.2) is 4.79 Å². The summed E-state index contributed by atoms with van der Waals surface area (Å²) in [5.41, 5.74) is 1.32. The van der Waals surface area contributed by atoms with Gasteiger partial charge in [0.2, 0.25) is 0 Å². The Morgan fingerprint density at radius 1 is 1.42 bits per heavy atom. The van der Waals surface area contributed by atoms with Crippen molar-refractivity contribution in [1.29, 1.82) is 0 Å². The fraction of sp³-hybridized carbons (Fsp3) is 0.500. The van der Waals surface area contributed by atoms with E-state index < -0.39 is 0 Å². The Morgan fingerprint density at radius 2 is 2.26 bits per heavy atom. The topological polar surface area (TPSA) is 50.4 Å².